The average molecular weight is 333 g/mol. The van der Waals surface area contributed by atoms with Crippen LogP contribution in [0.25, 0.3) is 5.69 Å². The van der Waals surface area contributed by atoms with Gasteiger partial charge in [-0.25, -0.2) is 9.07 Å². The molecule has 0 atom stereocenters. The number of benzene rings is 1. The highest BCUT2D eigenvalue weighted by Crippen LogP contribution is 2.14. The van der Waals surface area contributed by atoms with E-state index in [0.29, 0.717) is 36.5 Å². The number of amides is 1. The number of esters is 1. The quantitative estimate of drug-likeness (QED) is 0.624. The molecule has 0 saturated carbocycles. The van der Waals surface area contributed by atoms with Crippen LogP contribution in [0.15, 0.2) is 30.5 Å². The maximum atomic E-state index is 13.0. The number of nitrogens with one attached hydrogen (secondary N) is 1. The first-order valence-electron chi connectivity index (χ1n) is 7.77. The average Bonchev–Trinajstić information content (AvgIpc) is 2.94. The monoisotopic (exact) mass is 333 g/mol. The Morgan fingerprint density at radius 1 is 1.29 bits per heavy atom. The molecular weight excluding hydrogens is 313 g/mol. The predicted octanol–water partition coefficient (Wildman–Crippen LogP) is 2.39. The van der Waals surface area contributed by atoms with Gasteiger partial charge in [-0.05, 0) is 44.5 Å². The van der Waals surface area contributed by atoms with Crippen molar-refractivity contribution in [3.8, 4) is 5.69 Å². The van der Waals surface area contributed by atoms with Crippen molar-refractivity contribution < 1.29 is 18.7 Å². The third-order valence-corrected chi connectivity index (χ3v) is 3.47. The van der Waals surface area contributed by atoms with Crippen molar-refractivity contribution in [3.63, 3.8) is 0 Å². The van der Waals surface area contributed by atoms with Gasteiger partial charge >= 0.3 is 5.97 Å². The minimum atomic E-state index is -0.330. The van der Waals surface area contributed by atoms with E-state index in [4.69, 9.17) is 4.74 Å². The Morgan fingerprint density at radius 3 is 2.67 bits per heavy atom. The van der Waals surface area contributed by atoms with Gasteiger partial charge in [-0.3, -0.25) is 9.59 Å². The number of ether oxygens (including phenoxy) is 1. The summed E-state index contributed by atoms with van der Waals surface area (Å²) in [6.45, 7) is 4.25. The summed E-state index contributed by atoms with van der Waals surface area (Å²) in [6, 6.07) is 5.86. The molecule has 0 saturated heterocycles. The summed E-state index contributed by atoms with van der Waals surface area (Å²) in [5.41, 5.74) is 1.77. The van der Waals surface area contributed by atoms with E-state index in [0.717, 1.165) is 0 Å². The zero-order valence-corrected chi connectivity index (χ0v) is 13.7. The van der Waals surface area contributed by atoms with Gasteiger partial charge in [-0.2, -0.15) is 5.10 Å². The summed E-state index contributed by atoms with van der Waals surface area (Å²) in [7, 11) is 0. The molecule has 1 aromatic carbocycles. The minimum absolute atomic E-state index is 0.260. The van der Waals surface area contributed by atoms with Gasteiger partial charge in [-0.15, -0.1) is 0 Å². The summed E-state index contributed by atoms with van der Waals surface area (Å²) in [4.78, 5) is 23.4. The summed E-state index contributed by atoms with van der Waals surface area (Å²) in [6.07, 6.45) is 2.25. The zero-order valence-electron chi connectivity index (χ0n) is 13.7. The molecule has 0 aliphatic rings. The fourth-order valence-corrected chi connectivity index (χ4v) is 2.24. The van der Waals surface area contributed by atoms with E-state index < -0.39 is 0 Å². The van der Waals surface area contributed by atoms with Gasteiger partial charge in [0.1, 0.15) is 5.82 Å². The molecule has 6 nitrogen and oxygen atoms in total. The van der Waals surface area contributed by atoms with E-state index in [2.05, 4.69) is 10.4 Å². The molecule has 0 aliphatic carbocycles. The second-order valence-corrected chi connectivity index (χ2v) is 5.20. The van der Waals surface area contributed by atoms with Gasteiger partial charge in [0.25, 0.3) is 5.91 Å². The molecule has 1 heterocycles. The van der Waals surface area contributed by atoms with Crippen LogP contribution in [0.5, 0.6) is 0 Å². The summed E-state index contributed by atoms with van der Waals surface area (Å²) >= 11 is 0. The van der Waals surface area contributed by atoms with E-state index in [1.807, 2.05) is 0 Å². The first kappa shape index (κ1) is 17.7. The molecule has 1 aromatic heterocycles. The Bertz CT molecular complexity index is 710. The Labute approximate surface area is 139 Å². The fraction of sp³-hybridized carbons (Fsp3) is 0.353. The molecule has 0 unspecified atom stereocenters. The minimum Gasteiger partial charge on any atom is -0.466 e. The van der Waals surface area contributed by atoms with Gasteiger partial charge in [-0.1, -0.05) is 0 Å². The van der Waals surface area contributed by atoms with Crippen molar-refractivity contribution in [1.82, 2.24) is 15.1 Å². The van der Waals surface area contributed by atoms with Crippen LogP contribution in [0.2, 0.25) is 0 Å². The van der Waals surface area contributed by atoms with Crippen molar-refractivity contribution >= 4 is 11.9 Å². The number of rotatable bonds is 7. The van der Waals surface area contributed by atoms with Gasteiger partial charge < -0.3 is 10.1 Å². The van der Waals surface area contributed by atoms with Crippen molar-refractivity contribution in [2.45, 2.75) is 26.7 Å². The van der Waals surface area contributed by atoms with Crippen molar-refractivity contribution in [1.29, 1.82) is 0 Å². The Hall–Kier alpha value is -2.70. The molecule has 0 radical (unpaired) electrons. The topological polar surface area (TPSA) is 73.2 Å². The van der Waals surface area contributed by atoms with Crippen molar-refractivity contribution in [2.24, 2.45) is 0 Å². The zero-order chi connectivity index (χ0) is 17.5. The molecule has 0 bridgehead atoms. The van der Waals surface area contributed by atoms with Crippen LogP contribution in [0.3, 0.4) is 0 Å². The number of hydrogen-bond acceptors (Lipinski definition) is 4. The molecule has 128 valence electrons. The Kier molecular flexibility index (Phi) is 6.06. The highest BCUT2D eigenvalue weighted by Gasteiger charge is 2.15. The van der Waals surface area contributed by atoms with Gasteiger partial charge in [0.2, 0.25) is 0 Å². The van der Waals surface area contributed by atoms with Crippen LogP contribution in [0.4, 0.5) is 4.39 Å². The van der Waals surface area contributed by atoms with E-state index >= 15 is 0 Å². The molecule has 7 heteroatoms. The van der Waals surface area contributed by atoms with Crippen LogP contribution >= 0.6 is 0 Å². The Balaban J connectivity index is 1.94. The fourth-order valence-electron chi connectivity index (χ4n) is 2.24. The normalized spacial score (nSPS) is 10.5. The van der Waals surface area contributed by atoms with E-state index in [1.165, 1.54) is 18.3 Å². The van der Waals surface area contributed by atoms with E-state index in [1.54, 1.807) is 30.7 Å². The third-order valence-electron chi connectivity index (χ3n) is 3.47. The van der Waals surface area contributed by atoms with Crippen LogP contribution in [0.1, 0.15) is 35.8 Å². The van der Waals surface area contributed by atoms with Crippen LogP contribution in [-0.2, 0) is 9.53 Å². The standard InChI is InChI=1S/C17H20FN3O3/c1-3-24-16(22)5-4-10-19-17(23)15-11-20-21(12(15)2)14-8-6-13(18)7-9-14/h6-9,11H,3-5,10H2,1-2H3,(H,19,23). The number of carbonyl (C=O) groups is 2. The van der Waals surface area contributed by atoms with Crippen LogP contribution < -0.4 is 5.32 Å². The van der Waals surface area contributed by atoms with E-state index in [9.17, 15) is 14.0 Å². The lowest BCUT2D eigenvalue weighted by molar-refractivity contribution is -0.143. The third kappa shape index (κ3) is 4.41. The molecule has 2 rings (SSSR count). The lowest BCUT2D eigenvalue weighted by atomic mass is 10.2. The summed E-state index contributed by atoms with van der Waals surface area (Å²) in [5.74, 6) is -0.861. The Morgan fingerprint density at radius 2 is 2.00 bits per heavy atom. The van der Waals surface area contributed by atoms with Crippen molar-refractivity contribution in [2.75, 3.05) is 13.2 Å². The van der Waals surface area contributed by atoms with Gasteiger partial charge in [0.05, 0.1) is 29.7 Å². The summed E-state index contributed by atoms with van der Waals surface area (Å²) < 4.78 is 19.4. The molecule has 0 fully saturated rings. The number of carbonyl (C=O) groups excluding carboxylic acids is 2. The number of hydrogen-bond donors (Lipinski definition) is 1. The predicted molar refractivity (Wildman–Crippen MR) is 86.5 cm³/mol. The molecule has 24 heavy (non-hydrogen) atoms. The maximum Gasteiger partial charge on any atom is 0.305 e. The highest BCUT2D eigenvalue weighted by atomic mass is 19.1. The van der Waals surface area contributed by atoms with Crippen LogP contribution in [0, 0.1) is 12.7 Å². The van der Waals surface area contributed by atoms with E-state index in [-0.39, 0.29) is 24.1 Å². The lowest BCUT2D eigenvalue weighted by Crippen LogP contribution is -2.25. The number of halogens is 1. The molecule has 1 amide bonds. The molecule has 2 aromatic rings. The lowest BCUT2D eigenvalue weighted by Gasteiger charge is -2.07. The molecule has 0 aliphatic heterocycles. The van der Waals surface area contributed by atoms with Gasteiger partial charge in [0, 0.05) is 13.0 Å². The highest BCUT2D eigenvalue weighted by molar-refractivity contribution is 5.95. The largest absolute Gasteiger partial charge is 0.466 e. The smallest absolute Gasteiger partial charge is 0.305 e. The number of nitrogens with zero attached hydrogens (tertiary/aromatic N) is 2. The first-order valence-corrected chi connectivity index (χ1v) is 7.77. The molecule has 1 N–H and O–H groups in total. The van der Waals surface area contributed by atoms with Gasteiger partial charge in [0.15, 0.2) is 0 Å². The molecule has 0 spiro atoms. The second-order valence-electron chi connectivity index (χ2n) is 5.20. The first-order chi connectivity index (χ1) is 11.5. The number of aromatic nitrogens is 2. The maximum absolute atomic E-state index is 13.0. The van der Waals surface area contributed by atoms with Crippen LogP contribution in [-0.4, -0.2) is 34.8 Å². The molecular formula is C17H20FN3O3. The SMILES string of the molecule is CCOC(=O)CCCNC(=O)c1cnn(-c2ccc(F)cc2)c1C. The van der Waals surface area contributed by atoms with Crippen molar-refractivity contribution in [3.05, 3.63) is 47.5 Å². The summed E-state index contributed by atoms with van der Waals surface area (Å²) in [5, 5.41) is 6.93. The second kappa shape index (κ2) is 8.24.